The first-order valence-corrected chi connectivity index (χ1v) is 4.86. The van der Waals surface area contributed by atoms with Crippen LogP contribution in [0.2, 0.25) is 0 Å². The predicted octanol–water partition coefficient (Wildman–Crippen LogP) is 3.20. The van der Waals surface area contributed by atoms with E-state index in [1.807, 2.05) is 13.0 Å². The van der Waals surface area contributed by atoms with Gasteiger partial charge in [0.25, 0.3) is 0 Å². The van der Waals surface area contributed by atoms with E-state index in [2.05, 4.69) is 20.9 Å². The minimum atomic E-state index is -0.277. The Kier molecular flexibility index (Phi) is 3.82. The molecule has 0 aliphatic carbocycles. The molecule has 0 fully saturated rings. The molecule has 1 unspecified atom stereocenters. The zero-order valence-electron chi connectivity index (χ0n) is 6.63. The Hall–Kier alpha value is -0.280. The molecular formula is C8H9BrClNO. The van der Waals surface area contributed by atoms with Crippen LogP contribution in [-0.2, 0) is 0 Å². The maximum atomic E-state index is 5.79. The number of rotatable bonds is 3. The number of hydrogen-bond donors (Lipinski definition) is 0. The summed E-state index contributed by atoms with van der Waals surface area (Å²) in [7, 11) is 0. The molecular weight excluding hydrogens is 241 g/mol. The fraction of sp³-hybridized carbons (Fsp3) is 0.375. The van der Waals surface area contributed by atoms with E-state index in [1.54, 1.807) is 12.4 Å². The topological polar surface area (TPSA) is 22.1 Å². The van der Waals surface area contributed by atoms with Crippen molar-refractivity contribution in [1.29, 1.82) is 0 Å². The van der Waals surface area contributed by atoms with Gasteiger partial charge in [0.05, 0.1) is 6.20 Å². The third-order valence-electron chi connectivity index (χ3n) is 1.26. The maximum Gasteiger partial charge on any atom is 0.172 e. The van der Waals surface area contributed by atoms with Gasteiger partial charge in [0.1, 0.15) is 5.75 Å². The van der Waals surface area contributed by atoms with Crippen molar-refractivity contribution in [3.05, 3.63) is 22.9 Å². The second-order valence-electron chi connectivity index (χ2n) is 2.28. The number of nitrogens with zero attached hydrogens (tertiary/aromatic N) is 1. The Morgan fingerprint density at radius 2 is 2.42 bits per heavy atom. The Morgan fingerprint density at radius 1 is 1.67 bits per heavy atom. The number of pyridine rings is 1. The molecule has 0 aliphatic heterocycles. The lowest BCUT2D eigenvalue weighted by atomic mass is 10.4. The van der Waals surface area contributed by atoms with Crippen LogP contribution in [0.5, 0.6) is 5.75 Å². The molecule has 12 heavy (non-hydrogen) atoms. The molecule has 2 nitrogen and oxygen atoms in total. The number of ether oxygens (including phenoxy) is 1. The average molecular weight is 251 g/mol. The van der Waals surface area contributed by atoms with Crippen molar-refractivity contribution in [3.63, 3.8) is 0 Å². The van der Waals surface area contributed by atoms with Crippen LogP contribution >= 0.6 is 27.5 Å². The van der Waals surface area contributed by atoms with Crippen molar-refractivity contribution in [3.8, 4) is 5.75 Å². The van der Waals surface area contributed by atoms with Gasteiger partial charge in [0.15, 0.2) is 5.56 Å². The molecule has 1 aromatic rings. The second-order valence-corrected chi connectivity index (χ2v) is 3.68. The van der Waals surface area contributed by atoms with Gasteiger partial charge < -0.3 is 4.74 Å². The SMILES string of the molecule is CCC(Cl)Oc1cncc(Br)c1. The number of halogens is 2. The molecule has 0 spiro atoms. The zero-order valence-corrected chi connectivity index (χ0v) is 8.97. The molecule has 1 rings (SSSR count). The highest BCUT2D eigenvalue weighted by Gasteiger charge is 2.02. The first-order valence-electron chi connectivity index (χ1n) is 3.63. The van der Waals surface area contributed by atoms with Gasteiger partial charge in [0, 0.05) is 10.7 Å². The molecule has 4 heteroatoms. The van der Waals surface area contributed by atoms with E-state index in [0.717, 1.165) is 10.9 Å². The summed E-state index contributed by atoms with van der Waals surface area (Å²) < 4.78 is 6.21. The summed E-state index contributed by atoms with van der Waals surface area (Å²) in [4.78, 5) is 3.94. The lowest BCUT2D eigenvalue weighted by Gasteiger charge is -2.09. The van der Waals surface area contributed by atoms with E-state index in [-0.39, 0.29) is 5.56 Å². The third kappa shape index (κ3) is 2.99. The summed E-state index contributed by atoms with van der Waals surface area (Å²) in [5.41, 5.74) is -0.277. The van der Waals surface area contributed by atoms with Crippen molar-refractivity contribution >= 4 is 27.5 Å². The summed E-state index contributed by atoms with van der Waals surface area (Å²) in [6.45, 7) is 1.96. The van der Waals surface area contributed by atoms with Crippen molar-refractivity contribution in [2.45, 2.75) is 18.9 Å². The number of hydrogen-bond acceptors (Lipinski definition) is 2. The Labute approximate surface area is 85.0 Å². The van der Waals surface area contributed by atoms with Gasteiger partial charge in [-0.2, -0.15) is 0 Å². The molecule has 1 heterocycles. The first-order chi connectivity index (χ1) is 5.72. The van der Waals surface area contributed by atoms with E-state index >= 15 is 0 Å². The molecule has 0 N–H and O–H groups in total. The quantitative estimate of drug-likeness (QED) is 0.769. The third-order valence-corrected chi connectivity index (χ3v) is 2.10. The van der Waals surface area contributed by atoms with Crippen molar-refractivity contribution in [2.24, 2.45) is 0 Å². The highest BCUT2D eigenvalue weighted by molar-refractivity contribution is 9.10. The van der Waals surface area contributed by atoms with Gasteiger partial charge >= 0.3 is 0 Å². The van der Waals surface area contributed by atoms with Crippen molar-refractivity contribution in [1.82, 2.24) is 4.98 Å². The molecule has 0 saturated carbocycles. The van der Waals surface area contributed by atoms with Crippen LogP contribution in [0.3, 0.4) is 0 Å². The zero-order chi connectivity index (χ0) is 8.97. The summed E-state index contributed by atoms with van der Waals surface area (Å²) >= 11 is 9.08. The van der Waals surface area contributed by atoms with Gasteiger partial charge in [-0.1, -0.05) is 18.5 Å². The minimum absolute atomic E-state index is 0.277. The van der Waals surface area contributed by atoms with Crippen molar-refractivity contribution < 1.29 is 4.74 Å². The van der Waals surface area contributed by atoms with E-state index in [1.165, 1.54) is 0 Å². The molecule has 1 atom stereocenters. The largest absolute Gasteiger partial charge is 0.473 e. The van der Waals surface area contributed by atoms with Crippen LogP contribution in [0.4, 0.5) is 0 Å². The Balaban J connectivity index is 2.63. The van der Waals surface area contributed by atoms with Gasteiger partial charge in [-0.25, -0.2) is 0 Å². The van der Waals surface area contributed by atoms with Gasteiger partial charge in [-0.3, -0.25) is 4.98 Å². The summed E-state index contributed by atoms with van der Waals surface area (Å²) in [5.74, 6) is 0.686. The van der Waals surface area contributed by atoms with E-state index in [9.17, 15) is 0 Å². The van der Waals surface area contributed by atoms with E-state index in [4.69, 9.17) is 16.3 Å². The van der Waals surface area contributed by atoms with Crippen molar-refractivity contribution in [2.75, 3.05) is 0 Å². The first kappa shape index (κ1) is 9.81. The second kappa shape index (κ2) is 4.67. The molecule has 0 radical (unpaired) electrons. The van der Waals surface area contributed by atoms with Crippen LogP contribution < -0.4 is 4.74 Å². The van der Waals surface area contributed by atoms with Gasteiger partial charge in [0.2, 0.25) is 0 Å². The number of alkyl halides is 1. The normalized spacial score (nSPS) is 12.6. The molecule has 0 amide bonds. The smallest absolute Gasteiger partial charge is 0.172 e. The Morgan fingerprint density at radius 3 is 3.00 bits per heavy atom. The Bertz CT molecular complexity index is 257. The van der Waals surface area contributed by atoms with Gasteiger partial charge in [-0.05, 0) is 28.4 Å². The summed E-state index contributed by atoms with van der Waals surface area (Å²) in [5, 5.41) is 0. The van der Waals surface area contributed by atoms with Crippen LogP contribution in [0.1, 0.15) is 13.3 Å². The monoisotopic (exact) mass is 249 g/mol. The lowest BCUT2D eigenvalue weighted by molar-refractivity contribution is 0.276. The molecule has 0 bridgehead atoms. The highest BCUT2D eigenvalue weighted by Crippen LogP contribution is 2.18. The van der Waals surface area contributed by atoms with E-state index in [0.29, 0.717) is 5.75 Å². The number of aromatic nitrogens is 1. The van der Waals surface area contributed by atoms with E-state index < -0.39 is 0 Å². The van der Waals surface area contributed by atoms with Crippen LogP contribution in [0.15, 0.2) is 22.9 Å². The lowest BCUT2D eigenvalue weighted by Crippen LogP contribution is -2.06. The molecule has 0 aromatic carbocycles. The molecule has 1 aromatic heterocycles. The predicted molar refractivity (Wildman–Crippen MR) is 52.5 cm³/mol. The molecule has 0 saturated heterocycles. The summed E-state index contributed by atoms with van der Waals surface area (Å²) in [6.07, 6.45) is 4.10. The fourth-order valence-electron chi connectivity index (χ4n) is 0.688. The highest BCUT2D eigenvalue weighted by atomic mass is 79.9. The maximum absolute atomic E-state index is 5.79. The minimum Gasteiger partial charge on any atom is -0.473 e. The van der Waals surface area contributed by atoms with Crippen LogP contribution in [0.25, 0.3) is 0 Å². The van der Waals surface area contributed by atoms with Crippen LogP contribution in [0, 0.1) is 0 Å². The standard InChI is InChI=1S/C8H9BrClNO/c1-2-8(10)12-7-3-6(9)4-11-5-7/h3-5,8H,2H2,1H3. The molecule has 0 aliphatic rings. The molecule has 66 valence electrons. The van der Waals surface area contributed by atoms with Crippen LogP contribution in [-0.4, -0.2) is 10.5 Å². The summed E-state index contributed by atoms with van der Waals surface area (Å²) in [6, 6.07) is 1.83. The fourth-order valence-corrected chi connectivity index (χ4v) is 1.13. The van der Waals surface area contributed by atoms with Gasteiger partial charge in [-0.15, -0.1) is 0 Å². The average Bonchev–Trinajstić information content (AvgIpc) is 2.04.